The zero-order chi connectivity index (χ0) is 22.3. The minimum Gasteiger partial charge on any atom is -0.326 e. The average molecular weight is 522 g/mol. The molecule has 3 N–H and O–H groups in total. The molecule has 0 heterocycles. The molecule has 0 aromatic heterocycles. The van der Waals surface area contributed by atoms with E-state index in [1.807, 2.05) is 0 Å². The van der Waals surface area contributed by atoms with Gasteiger partial charge in [-0.2, -0.15) is 0 Å². The van der Waals surface area contributed by atoms with Gasteiger partial charge in [-0.1, -0.05) is 34.8 Å². The molecule has 4 rings (SSSR count). The van der Waals surface area contributed by atoms with Crippen LogP contribution in [-0.4, -0.2) is 22.7 Å². The lowest BCUT2D eigenvalue weighted by Gasteiger charge is -2.11. The van der Waals surface area contributed by atoms with Crippen LogP contribution in [0.4, 0.5) is 5.69 Å². The highest BCUT2D eigenvalue weighted by Gasteiger charge is 2.67. The van der Waals surface area contributed by atoms with Crippen molar-refractivity contribution >= 4 is 75.5 Å². The van der Waals surface area contributed by atoms with Crippen molar-refractivity contribution in [1.82, 2.24) is 10.9 Å². The van der Waals surface area contributed by atoms with Crippen LogP contribution in [0, 0.1) is 11.8 Å². The lowest BCUT2D eigenvalue weighted by molar-refractivity contribution is -0.117. The maximum absolute atomic E-state index is 12.9. The maximum atomic E-state index is 12.9. The number of hydrogen-bond donors (Lipinski definition) is 3. The van der Waals surface area contributed by atoms with Gasteiger partial charge >= 0.3 is 0 Å². The first-order valence-corrected chi connectivity index (χ1v) is 11.5. The number of rotatable bonds is 7. The van der Waals surface area contributed by atoms with Crippen LogP contribution in [0.15, 0.2) is 36.4 Å². The van der Waals surface area contributed by atoms with Crippen LogP contribution in [0.25, 0.3) is 0 Å². The topological polar surface area (TPSA) is 70.2 Å². The highest BCUT2D eigenvalue weighted by atomic mass is 35.5. The molecule has 10 heteroatoms. The van der Waals surface area contributed by atoms with E-state index in [0.29, 0.717) is 33.8 Å². The van der Waals surface area contributed by atoms with Crippen LogP contribution < -0.4 is 16.2 Å². The molecule has 5 nitrogen and oxygen atoms in total. The van der Waals surface area contributed by atoms with E-state index in [9.17, 15) is 9.59 Å². The number of alkyl halides is 2. The monoisotopic (exact) mass is 519 g/mol. The SMILES string of the molecule is O=C(NNCC1CC1)c1cc(NC(=O)C2C(c3cc(Cl)cc(Cl)c3)C2(Cl)Cl)ccc1Cl. The molecule has 0 spiro atoms. The van der Waals surface area contributed by atoms with Gasteiger partial charge in [0.2, 0.25) is 5.91 Å². The van der Waals surface area contributed by atoms with Gasteiger partial charge in [0.25, 0.3) is 5.91 Å². The average Bonchev–Trinajstić information content (AvgIpc) is 3.58. The Bertz CT molecular complexity index is 1020. The molecule has 2 amide bonds. The number of amides is 2. The first-order valence-electron chi connectivity index (χ1n) is 9.64. The molecule has 164 valence electrons. The van der Waals surface area contributed by atoms with Crippen LogP contribution in [0.1, 0.15) is 34.7 Å². The molecule has 2 fully saturated rings. The van der Waals surface area contributed by atoms with Gasteiger partial charge in [0.1, 0.15) is 4.33 Å². The van der Waals surface area contributed by atoms with Gasteiger partial charge in [-0.25, -0.2) is 5.43 Å². The minimum absolute atomic E-state index is 0.236. The summed E-state index contributed by atoms with van der Waals surface area (Å²) in [7, 11) is 0. The third kappa shape index (κ3) is 5.24. The van der Waals surface area contributed by atoms with E-state index in [2.05, 4.69) is 16.2 Å². The number of hydrogen-bond acceptors (Lipinski definition) is 3. The summed E-state index contributed by atoms with van der Waals surface area (Å²) in [5.74, 6) is -1.34. The molecule has 2 aliphatic rings. The summed E-state index contributed by atoms with van der Waals surface area (Å²) < 4.78 is -1.29. The Labute approximate surface area is 204 Å². The van der Waals surface area contributed by atoms with E-state index in [1.54, 1.807) is 30.3 Å². The molecule has 2 unspecified atom stereocenters. The Kier molecular flexibility index (Phi) is 6.64. The largest absolute Gasteiger partial charge is 0.326 e. The van der Waals surface area contributed by atoms with E-state index in [0.717, 1.165) is 12.8 Å². The van der Waals surface area contributed by atoms with Crippen LogP contribution in [0.3, 0.4) is 0 Å². The van der Waals surface area contributed by atoms with Crippen LogP contribution in [0.5, 0.6) is 0 Å². The van der Waals surface area contributed by atoms with E-state index >= 15 is 0 Å². The van der Waals surface area contributed by atoms with Gasteiger partial charge in [0.15, 0.2) is 0 Å². The first kappa shape index (κ1) is 23.0. The Morgan fingerprint density at radius 3 is 2.32 bits per heavy atom. The molecule has 2 aromatic carbocycles. The predicted octanol–water partition coefficient (Wildman–Crippen LogP) is 5.82. The number of carbonyl (C=O) groups is 2. The molecule has 0 bridgehead atoms. The zero-order valence-electron chi connectivity index (χ0n) is 16.0. The lowest BCUT2D eigenvalue weighted by atomic mass is 10.1. The minimum atomic E-state index is -1.29. The fourth-order valence-electron chi connectivity index (χ4n) is 3.48. The molecule has 0 radical (unpaired) electrons. The maximum Gasteiger partial charge on any atom is 0.266 e. The van der Waals surface area contributed by atoms with Crippen molar-refractivity contribution in [2.45, 2.75) is 23.1 Å². The molecule has 0 aliphatic heterocycles. The smallest absolute Gasteiger partial charge is 0.266 e. The Hall–Kier alpha value is -1.21. The second-order valence-electron chi connectivity index (χ2n) is 7.79. The van der Waals surface area contributed by atoms with Crippen molar-refractivity contribution in [3.05, 3.63) is 62.6 Å². The molecular weight excluding hydrogens is 504 g/mol. The molecular formula is C21H18Cl5N3O2. The number of halogens is 5. The van der Waals surface area contributed by atoms with E-state index in [-0.39, 0.29) is 22.4 Å². The summed E-state index contributed by atoms with van der Waals surface area (Å²) >= 11 is 31.1. The highest BCUT2D eigenvalue weighted by Crippen LogP contribution is 2.65. The molecule has 2 aliphatic carbocycles. The number of benzene rings is 2. The third-order valence-electron chi connectivity index (χ3n) is 5.35. The fraction of sp³-hybridized carbons (Fsp3) is 0.333. The summed E-state index contributed by atoms with van der Waals surface area (Å²) in [6.07, 6.45) is 2.33. The predicted molar refractivity (Wildman–Crippen MR) is 125 cm³/mol. The van der Waals surface area contributed by atoms with Gasteiger partial charge in [-0.3, -0.25) is 15.0 Å². The molecule has 2 saturated carbocycles. The van der Waals surface area contributed by atoms with Gasteiger partial charge < -0.3 is 5.32 Å². The summed E-state index contributed by atoms with van der Waals surface area (Å²) in [6.45, 7) is 0.712. The fourth-order valence-corrected chi connectivity index (χ4v) is 5.06. The van der Waals surface area contributed by atoms with Crippen molar-refractivity contribution < 1.29 is 9.59 Å². The van der Waals surface area contributed by atoms with Gasteiger partial charge in [-0.05, 0) is 60.7 Å². The van der Waals surface area contributed by atoms with E-state index in [1.165, 1.54) is 6.07 Å². The lowest BCUT2D eigenvalue weighted by Crippen LogP contribution is -2.38. The van der Waals surface area contributed by atoms with Crippen molar-refractivity contribution in [2.75, 3.05) is 11.9 Å². The van der Waals surface area contributed by atoms with Crippen LogP contribution in [0.2, 0.25) is 15.1 Å². The number of nitrogens with one attached hydrogen (secondary N) is 3. The quantitative estimate of drug-likeness (QED) is 0.318. The number of hydrazine groups is 1. The first-order chi connectivity index (χ1) is 14.7. The Morgan fingerprint density at radius 2 is 1.68 bits per heavy atom. The standard InChI is InChI=1S/C21H18Cl5N3O2/c22-12-5-11(6-13(23)7-12)17-18(21(17,25)26)20(31)28-14-3-4-16(24)15(8-14)19(30)29-27-9-10-1-2-10/h3-8,10,17-18,27H,1-2,9H2,(H,28,31)(H,29,30). The second kappa shape index (κ2) is 8.97. The molecule has 2 atom stereocenters. The van der Waals surface area contributed by atoms with E-state index in [4.69, 9.17) is 58.0 Å². The number of carbonyl (C=O) groups excluding carboxylic acids is 2. The highest BCUT2D eigenvalue weighted by molar-refractivity contribution is 6.53. The molecule has 2 aromatic rings. The third-order valence-corrected chi connectivity index (χ3v) is 7.05. The Balaban J connectivity index is 1.45. The van der Waals surface area contributed by atoms with Crippen LogP contribution >= 0.6 is 58.0 Å². The van der Waals surface area contributed by atoms with Gasteiger partial charge in [0, 0.05) is 28.2 Å². The second-order valence-corrected chi connectivity index (χ2v) is 10.5. The van der Waals surface area contributed by atoms with Crippen LogP contribution in [-0.2, 0) is 4.79 Å². The van der Waals surface area contributed by atoms with Crippen molar-refractivity contribution in [1.29, 1.82) is 0 Å². The summed E-state index contributed by atoms with van der Waals surface area (Å²) in [6, 6.07) is 9.61. The van der Waals surface area contributed by atoms with Gasteiger partial charge in [-0.15, -0.1) is 23.2 Å². The summed E-state index contributed by atoms with van der Waals surface area (Å²) in [5.41, 5.74) is 6.85. The number of anilines is 1. The van der Waals surface area contributed by atoms with Crippen molar-refractivity contribution in [3.8, 4) is 0 Å². The van der Waals surface area contributed by atoms with Crippen molar-refractivity contribution in [3.63, 3.8) is 0 Å². The normalized spacial score (nSPS) is 21.5. The molecule has 0 saturated heterocycles. The summed E-state index contributed by atoms with van der Waals surface area (Å²) in [4.78, 5) is 25.3. The molecule has 31 heavy (non-hydrogen) atoms. The summed E-state index contributed by atoms with van der Waals surface area (Å²) in [5, 5.41) is 3.90. The van der Waals surface area contributed by atoms with E-state index < -0.39 is 16.2 Å². The Morgan fingerprint density at radius 1 is 1.00 bits per heavy atom. The van der Waals surface area contributed by atoms with Crippen molar-refractivity contribution in [2.24, 2.45) is 11.8 Å². The zero-order valence-corrected chi connectivity index (χ0v) is 19.8. The van der Waals surface area contributed by atoms with Gasteiger partial charge in [0.05, 0.1) is 16.5 Å².